The smallest absolute Gasteiger partial charge is 0.322 e. The van der Waals surface area contributed by atoms with Gasteiger partial charge in [-0.05, 0) is 37.7 Å². The van der Waals surface area contributed by atoms with Gasteiger partial charge in [-0.15, -0.1) is 0 Å². The molecule has 1 unspecified atom stereocenters. The third-order valence-corrected chi connectivity index (χ3v) is 5.80. The molecule has 0 fully saturated rings. The lowest BCUT2D eigenvalue weighted by Crippen LogP contribution is -2.40. The number of fused-ring (bicyclic) bond motifs is 3. The molecule has 160 valence electrons. The van der Waals surface area contributed by atoms with E-state index in [1.165, 1.54) is 6.07 Å². The second-order valence-corrected chi connectivity index (χ2v) is 8.13. The van der Waals surface area contributed by atoms with Crippen molar-refractivity contribution in [1.82, 2.24) is 24.9 Å². The molecule has 0 aliphatic carbocycles. The molecule has 0 spiro atoms. The standard InChI is InChI=1S/C21H27FN6O2/c1-13-8-15(4-5-17(13)22)24-21(30)27-7-6-18-16(12-27)19-20(29)26(3)10-14(9-23-2)11-28(19)25-18/h4-5,8,14,23H,6-7,9-12H2,1-3H3,(H,24,30). The number of benzene rings is 1. The van der Waals surface area contributed by atoms with Crippen molar-refractivity contribution in [2.75, 3.05) is 39.0 Å². The average molecular weight is 414 g/mol. The van der Waals surface area contributed by atoms with Gasteiger partial charge in [0.1, 0.15) is 11.5 Å². The fourth-order valence-corrected chi connectivity index (χ4v) is 4.27. The summed E-state index contributed by atoms with van der Waals surface area (Å²) in [7, 11) is 3.71. The molecule has 2 aromatic rings. The zero-order valence-electron chi connectivity index (χ0n) is 17.5. The minimum absolute atomic E-state index is 0.0567. The largest absolute Gasteiger partial charge is 0.340 e. The maximum absolute atomic E-state index is 13.5. The lowest BCUT2D eigenvalue weighted by Gasteiger charge is -2.27. The van der Waals surface area contributed by atoms with Gasteiger partial charge in [-0.3, -0.25) is 9.48 Å². The monoisotopic (exact) mass is 414 g/mol. The maximum atomic E-state index is 13.5. The first-order valence-electron chi connectivity index (χ1n) is 10.2. The van der Waals surface area contributed by atoms with Gasteiger partial charge in [0.15, 0.2) is 0 Å². The zero-order valence-corrected chi connectivity index (χ0v) is 17.5. The van der Waals surface area contributed by atoms with Crippen molar-refractivity contribution in [3.8, 4) is 0 Å². The normalized spacial score (nSPS) is 18.7. The number of hydrogen-bond acceptors (Lipinski definition) is 4. The van der Waals surface area contributed by atoms with E-state index in [4.69, 9.17) is 5.10 Å². The van der Waals surface area contributed by atoms with E-state index >= 15 is 0 Å². The van der Waals surface area contributed by atoms with E-state index in [0.29, 0.717) is 49.5 Å². The summed E-state index contributed by atoms with van der Waals surface area (Å²) in [5, 5.41) is 10.7. The molecule has 0 radical (unpaired) electrons. The molecule has 3 amide bonds. The molecule has 8 nitrogen and oxygen atoms in total. The van der Waals surface area contributed by atoms with Crippen LogP contribution in [0.3, 0.4) is 0 Å². The van der Waals surface area contributed by atoms with E-state index < -0.39 is 0 Å². The maximum Gasteiger partial charge on any atom is 0.322 e. The number of nitrogens with one attached hydrogen (secondary N) is 2. The molecule has 9 heteroatoms. The molecule has 4 rings (SSSR count). The lowest BCUT2D eigenvalue weighted by molar-refractivity contribution is 0.0779. The molecule has 2 N–H and O–H groups in total. The van der Waals surface area contributed by atoms with Crippen molar-refractivity contribution in [3.05, 3.63) is 46.5 Å². The molecule has 0 saturated heterocycles. The summed E-state index contributed by atoms with van der Waals surface area (Å²) < 4.78 is 15.3. The van der Waals surface area contributed by atoms with Gasteiger partial charge in [0.2, 0.25) is 0 Å². The Hall–Kier alpha value is -2.94. The van der Waals surface area contributed by atoms with Gasteiger partial charge in [0.05, 0.1) is 12.2 Å². The SMILES string of the molecule is CNCC1CN(C)C(=O)c2c3c(nn2C1)CCN(C(=O)Nc1ccc(F)c(C)c1)C3. The Labute approximate surface area is 175 Å². The van der Waals surface area contributed by atoms with Crippen LogP contribution in [0.25, 0.3) is 0 Å². The van der Waals surface area contributed by atoms with E-state index in [1.54, 1.807) is 28.9 Å². The molecule has 1 aromatic carbocycles. The zero-order chi connectivity index (χ0) is 21.4. The summed E-state index contributed by atoms with van der Waals surface area (Å²) in [6.07, 6.45) is 0.596. The highest BCUT2D eigenvalue weighted by Gasteiger charge is 2.34. The topological polar surface area (TPSA) is 82.5 Å². The van der Waals surface area contributed by atoms with Crippen molar-refractivity contribution in [2.45, 2.75) is 26.4 Å². The highest BCUT2D eigenvalue weighted by Crippen LogP contribution is 2.27. The lowest BCUT2D eigenvalue weighted by atomic mass is 10.0. The number of hydrogen-bond donors (Lipinski definition) is 2. The fourth-order valence-electron chi connectivity index (χ4n) is 4.27. The predicted molar refractivity (Wildman–Crippen MR) is 111 cm³/mol. The molecule has 2 aliphatic rings. The number of carbonyl (C=O) groups excluding carboxylic acids is 2. The van der Waals surface area contributed by atoms with Gasteiger partial charge in [-0.2, -0.15) is 5.10 Å². The summed E-state index contributed by atoms with van der Waals surface area (Å²) in [4.78, 5) is 29.3. The van der Waals surface area contributed by atoms with E-state index in [9.17, 15) is 14.0 Å². The molecule has 0 saturated carbocycles. The fraction of sp³-hybridized carbons (Fsp3) is 0.476. The van der Waals surface area contributed by atoms with Crippen LogP contribution in [0, 0.1) is 18.7 Å². The van der Waals surface area contributed by atoms with Gasteiger partial charge in [-0.25, -0.2) is 9.18 Å². The first kappa shape index (κ1) is 20.3. The number of carbonyl (C=O) groups is 2. The number of rotatable bonds is 3. The Balaban J connectivity index is 1.56. The molecule has 0 bridgehead atoms. The van der Waals surface area contributed by atoms with E-state index in [0.717, 1.165) is 17.8 Å². The number of nitrogens with zero attached hydrogens (tertiary/aromatic N) is 4. The van der Waals surface area contributed by atoms with Gasteiger partial charge in [0.25, 0.3) is 5.91 Å². The Kier molecular flexibility index (Phi) is 5.46. The van der Waals surface area contributed by atoms with Gasteiger partial charge in [0, 0.05) is 56.8 Å². The quantitative estimate of drug-likeness (QED) is 0.803. The number of amides is 3. The summed E-state index contributed by atoms with van der Waals surface area (Å²) in [5.74, 6) is -0.0937. The minimum Gasteiger partial charge on any atom is -0.340 e. The molecular weight excluding hydrogens is 387 g/mol. The third kappa shape index (κ3) is 3.77. The van der Waals surface area contributed by atoms with Crippen LogP contribution in [-0.2, 0) is 19.5 Å². The summed E-state index contributed by atoms with van der Waals surface area (Å²) in [6, 6.07) is 4.22. The number of urea groups is 1. The molecule has 1 atom stereocenters. The van der Waals surface area contributed by atoms with Crippen LogP contribution in [-0.4, -0.2) is 65.2 Å². The summed E-state index contributed by atoms with van der Waals surface area (Å²) >= 11 is 0. The van der Waals surface area contributed by atoms with Gasteiger partial charge in [-0.1, -0.05) is 0 Å². The van der Waals surface area contributed by atoms with Crippen molar-refractivity contribution < 1.29 is 14.0 Å². The van der Waals surface area contributed by atoms with Crippen LogP contribution in [0.15, 0.2) is 18.2 Å². The highest BCUT2D eigenvalue weighted by molar-refractivity contribution is 5.95. The van der Waals surface area contributed by atoms with Crippen LogP contribution in [0.4, 0.5) is 14.9 Å². The van der Waals surface area contributed by atoms with Crippen LogP contribution >= 0.6 is 0 Å². The van der Waals surface area contributed by atoms with Crippen LogP contribution < -0.4 is 10.6 Å². The molecule has 1 aromatic heterocycles. The van der Waals surface area contributed by atoms with E-state index in [2.05, 4.69) is 10.6 Å². The van der Waals surface area contributed by atoms with Crippen LogP contribution in [0.5, 0.6) is 0 Å². The second kappa shape index (κ2) is 8.06. The van der Waals surface area contributed by atoms with E-state index in [1.807, 2.05) is 18.8 Å². The van der Waals surface area contributed by atoms with Crippen molar-refractivity contribution >= 4 is 17.6 Å². The van der Waals surface area contributed by atoms with Crippen LogP contribution in [0.2, 0.25) is 0 Å². The summed E-state index contributed by atoms with van der Waals surface area (Å²) in [5.41, 5.74) is 3.32. The Morgan fingerprint density at radius 3 is 2.87 bits per heavy atom. The van der Waals surface area contributed by atoms with Gasteiger partial charge < -0.3 is 20.4 Å². The number of anilines is 1. The van der Waals surface area contributed by atoms with Crippen molar-refractivity contribution in [3.63, 3.8) is 0 Å². The molecule has 3 heterocycles. The van der Waals surface area contributed by atoms with Crippen molar-refractivity contribution in [2.24, 2.45) is 5.92 Å². The third-order valence-electron chi connectivity index (χ3n) is 5.80. The number of halogens is 1. The van der Waals surface area contributed by atoms with Crippen molar-refractivity contribution in [1.29, 1.82) is 0 Å². The Morgan fingerprint density at radius 2 is 2.13 bits per heavy atom. The summed E-state index contributed by atoms with van der Waals surface area (Å²) in [6.45, 7) is 4.62. The average Bonchev–Trinajstić information content (AvgIpc) is 3.01. The predicted octanol–water partition coefficient (Wildman–Crippen LogP) is 1.84. The van der Waals surface area contributed by atoms with Crippen LogP contribution in [0.1, 0.15) is 27.3 Å². The molecule has 30 heavy (non-hydrogen) atoms. The number of aromatic nitrogens is 2. The first-order valence-corrected chi connectivity index (χ1v) is 10.2. The minimum atomic E-state index is -0.308. The molecular formula is C21H27FN6O2. The highest BCUT2D eigenvalue weighted by atomic mass is 19.1. The second-order valence-electron chi connectivity index (χ2n) is 8.13. The van der Waals surface area contributed by atoms with E-state index in [-0.39, 0.29) is 23.7 Å². The Bertz CT molecular complexity index is 988. The van der Waals surface area contributed by atoms with Gasteiger partial charge >= 0.3 is 6.03 Å². The molecule has 2 aliphatic heterocycles. The number of aryl methyl sites for hydroxylation is 1. The Morgan fingerprint density at radius 1 is 1.33 bits per heavy atom. The first-order chi connectivity index (χ1) is 14.4.